The first-order valence-corrected chi connectivity index (χ1v) is 3.06. The number of allylic oxidation sites excluding steroid dienone is 3. The van der Waals surface area contributed by atoms with E-state index in [0.717, 1.165) is 12.0 Å². The van der Waals surface area contributed by atoms with Gasteiger partial charge in [0, 0.05) is 0 Å². The van der Waals surface area contributed by atoms with Crippen molar-refractivity contribution in [3.63, 3.8) is 0 Å². The first-order chi connectivity index (χ1) is 4.22. The van der Waals surface area contributed by atoms with E-state index >= 15 is 0 Å². The maximum absolute atomic E-state index is 10.7. The molecule has 1 nitrogen and oxygen atoms in total. The zero-order chi connectivity index (χ0) is 7.28. The highest BCUT2D eigenvalue weighted by Gasteiger charge is 1.94. The predicted molar refractivity (Wildman–Crippen MR) is 39.3 cm³/mol. The third-order valence-corrected chi connectivity index (χ3v) is 1.08. The Morgan fingerprint density at radius 3 is 2.56 bits per heavy atom. The molecule has 0 aliphatic carbocycles. The fourth-order valence-corrected chi connectivity index (χ4v) is 0.568. The van der Waals surface area contributed by atoms with E-state index in [1.165, 1.54) is 6.08 Å². The number of rotatable bonds is 3. The molecule has 1 heteroatoms. The van der Waals surface area contributed by atoms with Gasteiger partial charge >= 0.3 is 0 Å². The summed E-state index contributed by atoms with van der Waals surface area (Å²) in [6.07, 6.45) is 4.14. The van der Waals surface area contributed by atoms with Gasteiger partial charge in [-0.2, -0.15) is 0 Å². The molecule has 0 aromatic carbocycles. The fourth-order valence-electron chi connectivity index (χ4n) is 0.568. The Hall–Kier alpha value is -0.850. The minimum absolute atomic E-state index is 0.0249. The Kier molecular flexibility index (Phi) is 3.69. The molecule has 0 radical (unpaired) electrons. The zero-order valence-electron chi connectivity index (χ0n) is 5.98. The van der Waals surface area contributed by atoms with E-state index in [9.17, 15) is 4.79 Å². The van der Waals surface area contributed by atoms with Crippen molar-refractivity contribution in [1.82, 2.24) is 0 Å². The molecule has 0 saturated carbocycles. The lowest BCUT2D eigenvalue weighted by Crippen LogP contribution is -1.92. The summed E-state index contributed by atoms with van der Waals surface area (Å²) < 4.78 is 0. The van der Waals surface area contributed by atoms with Crippen molar-refractivity contribution in [2.45, 2.75) is 20.3 Å². The zero-order valence-corrected chi connectivity index (χ0v) is 5.98. The normalized spacial score (nSPS) is 11.1. The predicted octanol–water partition coefficient (Wildman–Crippen LogP) is 2.10. The highest BCUT2D eigenvalue weighted by atomic mass is 16.1. The molecule has 0 fully saturated rings. The molecule has 0 rings (SSSR count). The molecule has 0 aromatic rings. The maximum Gasteiger partial charge on any atom is 0.180 e. The molecule has 0 bridgehead atoms. The smallest absolute Gasteiger partial charge is 0.180 e. The lowest BCUT2D eigenvalue weighted by atomic mass is 10.2. The Labute approximate surface area is 56.1 Å². The van der Waals surface area contributed by atoms with Gasteiger partial charge in [-0.3, -0.25) is 4.79 Å². The van der Waals surface area contributed by atoms with Crippen molar-refractivity contribution in [1.29, 1.82) is 0 Å². The standard InChI is InChI=1S/C8H12O/c1-4-6-7(3)8(9)5-2/h5-6H,2,4H2,1,3H3/b7-6-. The number of carbonyl (C=O) groups excluding carboxylic acids is 1. The highest BCUT2D eigenvalue weighted by molar-refractivity contribution is 6.02. The number of ketones is 1. The first kappa shape index (κ1) is 8.15. The van der Waals surface area contributed by atoms with Crippen LogP contribution in [0.25, 0.3) is 0 Å². The van der Waals surface area contributed by atoms with Gasteiger partial charge in [-0.1, -0.05) is 19.6 Å². The van der Waals surface area contributed by atoms with Gasteiger partial charge < -0.3 is 0 Å². The van der Waals surface area contributed by atoms with E-state index in [1.54, 1.807) is 6.92 Å². The van der Waals surface area contributed by atoms with Crippen LogP contribution in [0.1, 0.15) is 20.3 Å². The van der Waals surface area contributed by atoms with E-state index in [-0.39, 0.29) is 5.78 Å². The maximum atomic E-state index is 10.7. The summed E-state index contributed by atoms with van der Waals surface area (Å²) >= 11 is 0. The van der Waals surface area contributed by atoms with Crippen LogP contribution in [-0.4, -0.2) is 5.78 Å². The number of hydrogen-bond donors (Lipinski definition) is 0. The molecule has 0 N–H and O–H groups in total. The van der Waals surface area contributed by atoms with E-state index in [2.05, 4.69) is 6.58 Å². The van der Waals surface area contributed by atoms with Crippen LogP contribution in [0.5, 0.6) is 0 Å². The van der Waals surface area contributed by atoms with Gasteiger partial charge in [0.15, 0.2) is 5.78 Å². The van der Waals surface area contributed by atoms with Crippen LogP contribution in [0.2, 0.25) is 0 Å². The Balaban J connectivity index is 4.01. The van der Waals surface area contributed by atoms with Crippen LogP contribution < -0.4 is 0 Å². The molecular weight excluding hydrogens is 112 g/mol. The molecular formula is C8H12O. The molecule has 0 unspecified atom stereocenters. The lowest BCUT2D eigenvalue weighted by Gasteiger charge is -1.90. The molecule has 0 spiro atoms. The highest BCUT2D eigenvalue weighted by Crippen LogP contribution is 1.96. The third kappa shape index (κ3) is 2.85. The second-order valence-electron chi connectivity index (χ2n) is 1.86. The van der Waals surface area contributed by atoms with Gasteiger partial charge in [0.05, 0.1) is 0 Å². The second kappa shape index (κ2) is 4.07. The van der Waals surface area contributed by atoms with Crippen molar-refractivity contribution in [2.75, 3.05) is 0 Å². The van der Waals surface area contributed by atoms with Crippen LogP contribution in [-0.2, 0) is 4.79 Å². The summed E-state index contributed by atoms with van der Waals surface area (Å²) in [4.78, 5) is 10.7. The summed E-state index contributed by atoms with van der Waals surface area (Å²) in [5, 5.41) is 0. The van der Waals surface area contributed by atoms with Crippen LogP contribution in [0.4, 0.5) is 0 Å². The molecule has 0 atom stereocenters. The van der Waals surface area contributed by atoms with E-state index in [1.807, 2.05) is 13.0 Å². The average molecular weight is 124 g/mol. The van der Waals surface area contributed by atoms with Gasteiger partial charge in [-0.25, -0.2) is 0 Å². The SMILES string of the molecule is C=CC(=O)/C(C)=C\CC. The molecule has 0 aliphatic heterocycles. The van der Waals surface area contributed by atoms with Crippen molar-refractivity contribution in [3.05, 3.63) is 24.3 Å². The van der Waals surface area contributed by atoms with Crippen LogP contribution in [0, 0.1) is 0 Å². The van der Waals surface area contributed by atoms with Crippen LogP contribution in [0.3, 0.4) is 0 Å². The number of hydrogen-bond acceptors (Lipinski definition) is 1. The Morgan fingerprint density at radius 2 is 2.22 bits per heavy atom. The van der Waals surface area contributed by atoms with Crippen LogP contribution >= 0.6 is 0 Å². The molecule has 0 amide bonds. The Morgan fingerprint density at radius 1 is 1.67 bits per heavy atom. The average Bonchev–Trinajstić information content (AvgIpc) is 1.87. The van der Waals surface area contributed by atoms with Crippen molar-refractivity contribution in [3.8, 4) is 0 Å². The van der Waals surface area contributed by atoms with Crippen LogP contribution in [0.15, 0.2) is 24.3 Å². The van der Waals surface area contributed by atoms with Gasteiger partial charge in [0.1, 0.15) is 0 Å². The van der Waals surface area contributed by atoms with E-state index in [4.69, 9.17) is 0 Å². The molecule has 0 saturated heterocycles. The Bertz CT molecular complexity index is 143. The van der Waals surface area contributed by atoms with Gasteiger partial charge in [0.2, 0.25) is 0 Å². The van der Waals surface area contributed by atoms with Gasteiger partial charge in [-0.15, -0.1) is 0 Å². The monoisotopic (exact) mass is 124 g/mol. The van der Waals surface area contributed by atoms with Gasteiger partial charge in [0.25, 0.3) is 0 Å². The lowest BCUT2D eigenvalue weighted by molar-refractivity contribution is -0.111. The summed E-state index contributed by atoms with van der Waals surface area (Å²) in [5.74, 6) is 0.0249. The minimum Gasteiger partial charge on any atom is -0.290 e. The first-order valence-electron chi connectivity index (χ1n) is 3.06. The summed E-state index contributed by atoms with van der Waals surface area (Å²) in [6, 6.07) is 0. The summed E-state index contributed by atoms with van der Waals surface area (Å²) in [5.41, 5.74) is 0.785. The largest absolute Gasteiger partial charge is 0.290 e. The molecule has 0 aromatic heterocycles. The van der Waals surface area contributed by atoms with Crippen molar-refractivity contribution >= 4 is 5.78 Å². The van der Waals surface area contributed by atoms with Crippen molar-refractivity contribution < 1.29 is 4.79 Å². The fraction of sp³-hybridized carbons (Fsp3) is 0.375. The second-order valence-corrected chi connectivity index (χ2v) is 1.86. The minimum atomic E-state index is 0.0249. The molecule has 0 heterocycles. The molecule has 9 heavy (non-hydrogen) atoms. The van der Waals surface area contributed by atoms with E-state index < -0.39 is 0 Å². The molecule has 0 aliphatic rings. The summed E-state index contributed by atoms with van der Waals surface area (Å²) in [6.45, 7) is 7.17. The van der Waals surface area contributed by atoms with Gasteiger partial charge in [-0.05, 0) is 25.0 Å². The quantitative estimate of drug-likeness (QED) is 0.526. The third-order valence-electron chi connectivity index (χ3n) is 1.08. The van der Waals surface area contributed by atoms with E-state index in [0.29, 0.717) is 0 Å². The summed E-state index contributed by atoms with van der Waals surface area (Å²) in [7, 11) is 0. The number of carbonyl (C=O) groups is 1. The molecule has 50 valence electrons. The van der Waals surface area contributed by atoms with Crippen molar-refractivity contribution in [2.24, 2.45) is 0 Å². The topological polar surface area (TPSA) is 17.1 Å².